The standard InChI is InChI=1S/C10H16N2O/c1-9(8-13)3-4-10(2,11)5-6-12-7-9/h3-7,13H,8,11H2,1-2H3. The van der Waals surface area contributed by atoms with Gasteiger partial charge < -0.3 is 10.8 Å². The van der Waals surface area contributed by atoms with Crippen molar-refractivity contribution < 1.29 is 5.11 Å². The van der Waals surface area contributed by atoms with Crippen molar-refractivity contribution in [2.45, 2.75) is 19.4 Å². The maximum absolute atomic E-state index is 9.13. The highest BCUT2D eigenvalue weighted by Crippen LogP contribution is 2.18. The number of hydrogen-bond acceptors (Lipinski definition) is 3. The third kappa shape index (κ3) is 2.79. The zero-order chi connectivity index (χ0) is 9.95. The van der Waals surface area contributed by atoms with Gasteiger partial charge in [-0.15, -0.1) is 0 Å². The Hall–Kier alpha value is -0.930. The van der Waals surface area contributed by atoms with Gasteiger partial charge in [0, 0.05) is 17.8 Å². The van der Waals surface area contributed by atoms with Gasteiger partial charge in [-0.3, -0.25) is 4.99 Å². The van der Waals surface area contributed by atoms with Gasteiger partial charge in [0.2, 0.25) is 0 Å². The molecule has 0 radical (unpaired) electrons. The van der Waals surface area contributed by atoms with Crippen LogP contribution in [0.25, 0.3) is 0 Å². The van der Waals surface area contributed by atoms with Crippen molar-refractivity contribution in [3.05, 3.63) is 24.4 Å². The Morgan fingerprint density at radius 3 is 2.62 bits per heavy atom. The van der Waals surface area contributed by atoms with Crippen LogP contribution in [0.4, 0.5) is 0 Å². The molecule has 1 rings (SSSR count). The fourth-order valence-corrected chi connectivity index (χ4v) is 0.979. The minimum Gasteiger partial charge on any atom is -0.395 e. The number of aliphatic imine (C=N–C) groups is 1. The molecule has 0 aromatic heterocycles. The zero-order valence-corrected chi connectivity index (χ0v) is 8.07. The maximum atomic E-state index is 9.13. The number of aliphatic hydroxyl groups is 1. The summed E-state index contributed by atoms with van der Waals surface area (Å²) in [4.78, 5) is 4.05. The first kappa shape index (κ1) is 10.2. The van der Waals surface area contributed by atoms with Crippen LogP contribution in [-0.4, -0.2) is 23.5 Å². The molecule has 1 aliphatic heterocycles. The van der Waals surface area contributed by atoms with E-state index in [1.165, 1.54) is 0 Å². The van der Waals surface area contributed by atoms with Gasteiger partial charge in [-0.05, 0) is 19.9 Å². The Morgan fingerprint density at radius 2 is 2.00 bits per heavy atom. The van der Waals surface area contributed by atoms with Crippen LogP contribution in [0.5, 0.6) is 0 Å². The third-order valence-corrected chi connectivity index (χ3v) is 2.05. The molecule has 13 heavy (non-hydrogen) atoms. The number of rotatable bonds is 1. The summed E-state index contributed by atoms with van der Waals surface area (Å²) >= 11 is 0. The topological polar surface area (TPSA) is 58.6 Å². The minimum absolute atomic E-state index is 0.0386. The second-order valence-corrected chi connectivity index (χ2v) is 3.96. The van der Waals surface area contributed by atoms with E-state index in [4.69, 9.17) is 10.8 Å². The SMILES string of the molecule is CC1(N)C=CN=CC(C)(CO)C=C1. The molecule has 0 aromatic carbocycles. The normalized spacial score (nSPS) is 38.8. The van der Waals surface area contributed by atoms with Crippen molar-refractivity contribution in [3.63, 3.8) is 0 Å². The Labute approximate surface area is 78.7 Å². The highest BCUT2D eigenvalue weighted by Gasteiger charge is 2.20. The van der Waals surface area contributed by atoms with Gasteiger partial charge >= 0.3 is 0 Å². The molecule has 3 N–H and O–H groups in total. The van der Waals surface area contributed by atoms with Gasteiger partial charge in [-0.1, -0.05) is 12.2 Å². The molecular weight excluding hydrogens is 164 g/mol. The summed E-state index contributed by atoms with van der Waals surface area (Å²) in [6.07, 6.45) is 8.97. The Balaban J connectivity index is 2.98. The number of aliphatic hydroxyl groups excluding tert-OH is 1. The van der Waals surface area contributed by atoms with E-state index in [0.29, 0.717) is 0 Å². The molecule has 0 saturated heterocycles. The first-order chi connectivity index (χ1) is 5.97. The second-order valence-electron chi connectivity index (χ2n) is 3.96. The van der Waals surface area contributed by atoms with Crippen LogP contribution in [0.2, 0.25) is 0 Å². The predicted octanol–water partition coefficient (Wildman–Crippen LogP) is 0.857. The summed E-state index contributed by atoms with van der Waals surface area (Å²) in [5.41, 5.74) is 5.02. The van der Waals surface area contributed by atoms with Gasteiger partial charge in [0.15, 0.2) is 0 Å². The molecule has 0 bridgehead atoms. The van der Waals surface area contributed by atoms with Crippen LogP contribution in [0.1, 0.15) is 13.8 Å². The fraction of sp³-hybridized carbons (Fsp3) is 0.500. The first-order valence-electron chi connectivity index (χ1n) is 4.30. The quantitative estimate of drug-likeness (QED) is 0.588. The van der Waals surface area contributed by atoms with Crippen molar-refractivity contribution in [1.82, 2.24) is 0 Å². The molecule has 3 nitrogen and oxygen atoms in total. The third-order valence-electron chi connectivity index (χ3n) is 2.05. The molecule has 0 amide bonds. The highest BCUT2D eigenvalue weighted by molar-refractivity contribution is 5.69. The average Bonchev–Trinajstić information content (AvgIpc) is 2.08. The molecule has 0 aromatic rings. The molecule has 0 fully saturated rings. The summed E-state index contributed by atoms with van der Waals surface area (Å²) in [5.74, 6) is 0. The predicted molar refractivity (Wildman–Crippen MR) is 54.6 cm³/mol. The number of nitrogens with zero attached hydrogens (tertiary/aromatic N) is 1. The van der Waals surface area contributed by atoms with Gasteiger partial charge in [-0.25, -0.2) is 0 Å². The largest absolute Gasteiger partial charge is 0.395 e. The molecular formula is C10H16N2O. The summed E-state index contributed by atoms with van der Waals surface area (Å²) in [6, 6.07) is 0. The van der Waals surface area contributed by atoms with Crippen LogP contribution in [0.3, 0.4) is 0 Å². The molecule has 3 heteroatoms. The first-order valence-corrected chi connectivity index (χ1v) is 4.30. The lowest BCUT2D eigenvalue weighted by molar-refractivity contribution is 0.234. The molecule has 0 saturated carbocycles. The molecule has 1 heterocycles. The van der Waals surface area contributed by atoms with E-state index >= 15 is 0 Å². The van der Waals surface area contributed by atoms with Crippen LogP contribution < -0.4 is 5.73 Å². The van der Waals surface area contributed by atoms with Gasteiger partial charge in [-0.2, -0.15) is 0 Å². The van der Waals surface area contributed by atoms with Gasteiger partial charge in [0.25, 0.3) is 0 Å². The number of nitrogens with two attached hydrogens (primary N) is 1. The molecule has 0 spiro atoms. The smallest absolute Gasteiger partial charge is 0.0569 e. The molecule has 72 valence electrons. The van der Waals surface area contributed by atoms with E-state index in [1.54, 1.807) is 12.4 Å². The second kappa shape index (κ2) is 3.44. The lowest BCUT2D eigenvalue weighted by Crippen LogP contribution is -2.33. The van der Waals surface area contributed by atoms with E-state index in [0.717, 1.165) is 0 Å². The van der Waals surface area contributed by atoms with Crippen LogP contribution in [0.15, 0.2) is 29.4 Å². The maximum Gasteiger partial charge on any atom is 0.0569 e. The fourth-order valence-electron chi connectivity index (χ4n) is 0.979. The van der Waals surface area contributed by atoms with Crippen molar-refractivity contribution in [2.24, 2.45) is 16.1 Å². The summed E-state index contributed by atoms with van der Waals surface area (Å²) in [6.45, 7) is 3.83. The van der Waals surface area contributed by atoms with E-state index in [-0.39, 0.29) is 6.61 Å². The van der Waals surface area contributed by atoms with E-state index in [2.05, 4.69) is 4.99 Å². The van der Waals surface area contributed by atoms with Crippen molar-refractivity contribution in [1.29, 1.82) is 0 Å². The lowest BCUT2D eigenvalue weighted by atomic mass is 9.89. The minimum atomic E-state index is -0.478. The average molecular weight is 180 g/mol. The summed E-state index contributed by atoms with van der Waals surface area (Å²) in [5, 5.41) is 9.13. The van der Waals surface area contributed by atoms with Crippen LogP contribution >= 0.6 is 0 Å². The Kier molecular flexibility index (Phi) is 2.68. The van der Waals surface area contributed by atoms with Crippen molar-refractivity contribution in [3.8, 4) is 0 Å². The molecule has 2 unspecified atom stereocenters. The molecule has 2 atom stereocenters. The summed E-state index contributed by atoms with van der Waals surface area (Å²) < 4.78 is 0. The van der Waals surface area contributed by atoms with E-state index < -0.39 is 11.0 Å². The van der Waals surface area contributed by atoms with Crippen molar-refractivity contribution >= 4 is 6.21 Å². The van der Waals surface area contributed by atoms with E-state index in [1.807, 2.05) is 32.1 Å². The van der Waals surface area contributed by atoms with E-state index in [9.17, 15) is 0 Å². The molecule has 1 aliphatic rings. The van der Waals surface area contributed by atoms with Crippen LogP contribution in [0, 0.1) is 5.41 Å². The highest BCUT2D eigenvalue weighted by atomic mass is 16.3. The summed E-state index contributed by atoms with van der Waals surface area (Å²) in [7, 11) is 0. The van der Waals surface area contributed by atoms with Gasteiger partial charge in [0.05, 0.1) is 12.1 Å². The molecule has 0 aliphatic carbocycles. The Bertz CT molecular complexity index is 266. The van der Waals surface area contributed by atoms with Gasteiger partial charge in [0.1, 0.15) is 0 Å². The number of hydrogen-bond donors (Lipinski definition) is 2. The Morgan fingerprint density at radius 1 is 1.31 bits per heavy atom. The van der Waals surface area contributed by atoms with Crippen molar-refractivity contribution in [2.75, 3.05) is 6.61 Å². The van der Waals surface area contributed by atoms with Crippen LogP contribution in [-0.2, 0) is 0 Å². The zero-order valence-electron chi connectivity index (χ0n) is 8.07. The monoisotopic (exact) mass is 180 g/mol. The lowest BCUT2D eigenvalue weighted by Gasteiger charge is -2.22.